The third kappa shape index (κ3) is 4.36. The van der Waals surface area contributed by atoms with Gasteiger partial charge in [-0.25, -0.2) is 4.98 Å². The molecule has 3 nitrogen and oxygen atoms in total. The Balaban J connectivity index is 1.74. The molecule has 0 atom stereocenters. The molecule has 0 saturated heterocycles. The Morgan fingerprint density at radius 2 is 1.67 bits per heavy atom. The molecule has 2 aromatic carbocycles. The minimum Gasteiger partial charge on any atom is -0.439 e. The molecule has 0 aliphatic heterocycles. The Bertz CT molecular complexity index is 834. The highest BCUT2D eigenvalue weighted by atomic mass is 32.2. The van der Waals surface area contributed by atoms with E-state index in [9.17, 15) is 0 Å². The fourth-order valence-corrected chi connectivity index (χ4v) is 3.10. The van der Waals surface area contributed by atoms with Gasteiger partial charge in [0.05, 0.1) is 0 Å². The van der Waals surface area contributed by atoms with Gasteiger partial charge in [-0.15, -0.1) is 0 Å². The van der Waals surface area contributed by atoms with Crippen LogP contribution in [0.25, 0.3) is 0 Å². The Morgan fingerprint density at radius 1 is 0.875 bits per heavy atom. The molecule has 122 valence electrons. The summed E-state index contributed by atoms with van der Waals surface area (Å²) in [6.45, 7) is 6.13. The average molecular weight is 336 g/mol. The first-order valence-electron chi connectivity index (χ1n) is 7.88. The number of thioether (sulfide) groups is 1. The third-order valence-corrected chi connectivity index (χ3v) is 4.64. The molecule has 0 fully saturated rings. The summed E-state index contributed by atoms with van der Waals surface area (Å²) in [5.74, 6) is 2.23. The number of rotatable bonds is 5. The zero-order chi connectivity index (χ0) is 16.9. The van der Waals surface area contributed by atoms with Crippen LogP contribution >= 0.6 is 11.8 Å². The quantitative estimate of drug-likeness (QED) is 0.456. The van der Waals surface area contributed by atoms with Gasteiger partial charge in [0.1, 0.15) is 5.75 Å². The molecule has 0 aliphatic rings. The molecule has 0 spiro atoms. The zero-order valence-corrected chi connectivity index (χ0v) is 14.9. The highest BCUT2D eigenvalue weighted by Gasteiger charge is 2.06. The summed E-state index contributed by atoms with van der Waals surface area (Å²) in [5, 5.41) is 0.734. The van der Waals surface area contributed by atoms with Crippen LogP contribution in [-0.2, 0) is 5.75 Å². The van der Waals surface area contributed by atoms with E-state index in [-0.39, 0.29) is 0 Å². The summed E-state index contributed by atoms with van der Waals surface area (Å²) in [5.41, 5.74) is 4.61. The van der Waals surface area contributed by atoms with Crippen molar-refractivity contribution in [3.05, 3.63) is 77.0 Å². The number of ether oxygens (including phenoxy) is 1. The fourth-order valence-electron chi connectivity index (χ4n) is 2.25. The minimum atomic E-state index is 0.585. The lowest BCUT2D eigenvalue weighted by Crippen LogP contribution is -1.95. The SMILES string of the molecule is Cc1cc(Oc2ccc(C)c(C)c2)nc(SCc2ccccc2)n1. The molecular formula is C20H20N2OS. The Morgan fingerprint density at radius 3 is 2.42 bits per heavy atom. The molecular weight excluding hydrogens is 316 g/mol. The van der Waals surface area contributed by atoms with Crippen LogP contribution in [0.2, 0.25) is 0 Å². The summed E-state index contributed by atoms with van der Waals surface area (Å²) < 4.78 is 5.92. The summed E-state index contributed by atoms with van der Waals surface area (Å²) >= 11 is 1.62. The smallest absolute Gasteiger partial charge is 0.223 e. The number of nitrogens with zero attached hydrogens (tertiary/aromatic N) is 2. The normalized spacial score (nSPS) is 10.6. The van der Waals surface area contributed by atoms with Crippen molar-refractivity contribution in [3.8, 4) is 11.6 Å². The number of hydrogen-bond donors (Lipinski definition) is 0. The van der Waals surface area contributed by atoms with E-state index in [1.54, 1.807) is 11.8 Å². The van der Waals surface area contributed by atoms with Gasteiger partial charge in [-0.2, -0.15) is 4.98 Å². The van der Waals surface area contributed by atoms with Crippen molar-refractivity contribution < 1.29 is 4.74 Å². The van der Waals surface area contributed by atoms with Crippen LogP contribution in [0.1, 0.15) is 22.4 Å². The first-order valence-corrected chi connectivity index (χ1v) is 8.86. The molecule has 0 aliphatic carbocycles. The van der Waals surface area contributed by atoms with Gasteiger partial charge in [0.2, 0.25) is 5.88 Å². The van der Waals surface area contributed by atoms with Crippen molar-refractivity contribution in [2.24, 2.45) is 0 Å². The predicted molar refractivity (Wildman–Crippen MR) is 98.8 cm³/mol. The molecule has 1 aromatic heterocycles. The first kappa shape index (κ1) is 16.5. The van der Waals surface area contributed by atoms with Crippen molar-refractivity contribution in [1.82, 2.24) is 9.97 Å². The van der Waals surface area contributed by atoms with Crippen LogP contribution in [0.5, 0.6) is 11.6 Å². The van der Waals surface area contributed by atoms with Crippen molar-refractivity contribution in [3.63, 3.8) is 0 Å². The molecule has 0 unspecified atom stereocenters. The molecule has 3 aromatic rings. The number of hydrogen-bond acceptors (Lipinski definition) is 4. The number of aryl methyl sites for hydroxylation is 3. The summed E-state index contributed by atoms with van der Waals surface area (Å²) in [4.78, 5) is 9.02. The Hall–Kier alpha value is -2.33. The average Bonchev–Trinajstić information content (AvgIpc) is 2.57. The van der Waals surface area contributed by atoms with Gasteiger partial charge in [0, 0.05) is 17.5 Å². The van der Waals surface area contributed by atoms with E-state index in [0.29, 0.717) is 5.88 Å². The largest absolute Gasteiger partial charge is 0.439 e. The van der Waals surface area contributed by atoms with E-state index in [1.165, 1.54) is 16.7 Å². The molecule has 0 N–H and O–H groups in total. The minimum absolute atomic E-state index is 0.585. The van der Waals surface area contributed by atoms with E-state index in [2.05, 4.69) is 42.0 Å². The molecule has 0 saturated carbocycles. The monoisotopic (exact) mass is 336 g/mol. The summed E-state index contributed by atoms with van der Waals surface area (Å²) in [7, 11) is 0. The van der Waals surface area contributed by atoms with Crippen LogP contribution in [0.15, 0.2) is 59.8 Å². The van der Waals surface area contributed by atoms with Gasteiger partial charge >= 0.3 is 0 Å². The molecule has 4 heteroatoms. The second-order valence-corrected chi connectivity index (χ2v) is 6.70. The highest BCUT2D eigenvalue weighted by molar-refractivity contribution is 7.98. The van der Waals surface area contributed by atoms with Crippen molar-refractivity contribution in [1.29, 1.82) is 0 Å². The van der Waals surface area contributed by atoms with Crippen LogP contribution in [0.4, 0.5) is 0 Å². The van der Waals surface area contributed by atoms with Crippen LogP contribution in [-0.4, -0.2) is 9.97 Å². The van der Waals surface area contributed by atoms with Gasteiger partial charge < -0.3 is 4.74 Å². The molecule has 0 bridgehead atoms. The first-order chi connectivity index (χ1) is 11.6. The predicted octanol–water partition coefficient (Wildman–Crippen LogP) is 5.49. The lowest BCUT2D eigenvalue weighted by Gasteiger charge is -2.09. The maximum atomic E-state index is 5.92. The standard InChI is InChI=1S/C20H20N2OS/c1-14-9-10-18(11-15(14)2)23-19-12-16(3)21-20(22-19)24-13-17-7-5-4-6-8-17/h4-12H,13H2,1-3H3. The van der Waals surface area contributed by atoms with Crippen LogP contribution < -0.4 is 4.74 Å². The topological polar surface area (TPSA) is 35.0 Å². The zero-order valence-electron chi connectivity index (χ0n) is 14.1. The van der Waals surface area contributed by atoms with E-state index < -0.39 is 0 Å². The Labute approximate surface area is 147 Å². The summed E-state index contributed by atoms with van der Waals surface area (Å²) in [6.07, 6.45) is 0. The second-order valence-electron chi connectivity index (χ2n) is 5.75. The van der Waals surface area contributed by atoms with Crippen molar-refractivity contribution >= 4 is 11.8 Å². The van der Waals surface area contributed by atoms with Crippen LogP contribution in [0, 0.1) is 20.8 Å². The Kier molecular flexibility index (Phi) is 5.16. The number of benzene rings is 2. The molecule has 1 heterocycles. The van der Waals surface area contributed by atoms with E-state index in [4.69, 9.17) is 4.74 Å². The fraction of sp³-hybridized carbons (Fsp3) is 0.200. The molecule has 0 radical (unpaired) electrons. The third-order valence-electron chi connectivity index (χ3n) is 3.72. The second kappa shape index (κ2) is 7.49. The van der Waals surface area contributed by atoms with E-state index in [0.717, 1.165) is 22.4 Å². The van der Waals surface area contributed by atoms with Crippen LogP contribution in [0.3, 0.4) is 0 Å². The van der Waals surface area contributed by atoms with Gasteiger partial charge in [0.15, 0.2) is 5.16 Å². The van der Waals surface area contributed by atoms with Gasteiger partial charge in [0.25, 0.3) is 0 Å². The maximum absolute atomic E-state index is 5.92. The highest BCUT2D eigenvalue weighted by Crippen LogP contribution is 2.26. The molecule has 3 rings (SSSR count). The molecule has 0 amide bonds. The molecule has 24 heavy (non-hydrogen) atoms. The number of aromatic nitrogens is 2. The van der Waals surface area contributed by atoms with Gasteiger partial charge in [-0.05, 0) is 49.6 Å². The van der Waals surface area contributed by atoms with E-state index in [1.807, 2.05) is 43.3 Å². The van der Waals surface area contributed by atoms with Crippen molar-refractivity contribution in [2.75, 3.05) is 0 Å². The van der Waals surface area contributed by atoms with Crippen molar-refractivity contribution in [2.45, 2.75) is 31.7 Å². The summed E-state index contributed by atoms with van der Waals surface area (Å²) in [6, 6.07) is 18.2. The lowest BCUT2D eigenvalue weighted by molar-refractivity contribution is 0.454. The maximum Gasteiger partial charge on any atom is 0.223 e. The van der Waals surface area contributed by atoms with Gasteiger partial charge in [-0.3, -0.25) is 0 Å². The lowest BCUT2D eigenvalue weighted by atomic mass is 10.1. The van der Waals surface area contributed by atoms with E-state index >= 15 is 0 Å². The van der Waals surface area contributed by atoms with Gasteiger partial charge in [-0.1, -0.05) is 48.2 Å².